The van der Waals surface area contributed by atoms with Gasteiger partial charge in [0.05, 0.1) is 16.4 Å². The van der Waals surface area contributed by atoms with Crippen LogP contribution in [0.25, 0.3) is 77.3 Å². The number of hydrogen-bond donors (Lipinski definition) is 0. The molecule has 0 N–H and O–H groups in total. The maximum Gasteiger partial charge on any atom is 0.141 e. The number of nitrogens with zero attached hydrogens (tertiary/aromatic N) is 2. The second-order valence-corrected chi connectivity index (χ2v) is 14.2. The van der Waals surface area contributed by atoms with Crippen LogP contribution in [0.2, 0.25) is 0 Å². The van der Waals surface area contributed by atoms with Crippen molar-refractivity contribution in [1.82, 2.24) is 9.55 Å². The van der Waals surface area contributed by atoms with Crippen molar-refractivity contribution >= 4 is 32.6 Å². The largest absolute Gasteiger partial charge is 0.324 e. The quantitative estimate of drug-likeness (QED) is 0.185. The summed E-state index contributed by atoms with van der Waals surface area (Å²) in [5, 5.41) is 5.13. The monoisotopic (exact) mass is 650 g/mol. The van der Waals surface area contributed by atoms with Crippen LogP contribution in [-0.2, 0) is 12.0 Å². The third kappa shape index (κ3) is 3.85. The molecular weight excluding hydrogens is 617 g/mol. The molecule has 0 fully saturated rings. The molecule has 0 bridgehead atoms. The van der Waals surface area contributed by atoms with Crippen LogP contribution >= 0.6 is 0 Å². The summed E-state index contributed by atoms with van der Waals surface area (Å²) in [7, 11) is 0. The van der Waals surface area contributed by atoms with Crippen LogP contribution in [0.1, 0.15) is 35.6 Å². The van der Waals surface area contributed by atoms with Gasteiger partial charge >= 0.3 is 0 Å². The molecule has 2 heteroatoms. The molecular formula is C49H34N2. The lowest BCUT2D eigenvalue weighted by Gasteiger charge is -2.31. The van der Waals surface area contributed by atoms with E-state index in [1.807, 2.05) is 0 Å². The minimum Gasteiger partial charge on any atom is -0.324 e. The number of imidazole rings is 1. The molecule has 0 amide bonds. The van der Waals surface area contributed by atoms with Crippen LogP contribution in [-0.4, -0.2) is 9.55 Å². The third-order valence-electron chi connectivity index (χ3n) is 11.5. The van der Waals surface area contributed by atoms with E-state index in [0.29, 0.717) is 0 Å². The summed E-state index contributed by atoms with van der Waals surface area (Å²) in [6.45, 7) is 3.17. The number of rotatable bonds is 4. The average Bonchev–Trinajstić information content (AvgIpc) is 3.81. The van der Waals surface area contributed by atoms with Gasteiger partial charge in [0.2, 0.25) is 0 Å². The average molecular weight is 651 g/mol. The molecule has 8 aromatic carbocycles. The molecule has 0 saturated heterocycles. The zero-order chi connectivity index (χ0) is 33.7. The predicted molar refractivity (Wildman–Crippen MR) is 212 cm³/mol. The van der Waals surface area contributed by atoms with Gasteiger partial charge in [-0.2, -0.15) is 0 Å². The summed E-state index contributed by atoms with van der Waals surface area (Å²) in [6.07, 6.45) is 1.05. The Labute approximate surface area is 297 Å². The third-order valence-corrected chi connectivity index (χ3v) is 11.5. The van der Waals surface area contributed by atoms with E-state index in [1.54, 1.807) is 0 Å². The van der Waals surface area contributed by atoms with E-state index in [0.717, 1.165) is 29.9 Å². The smallest absolute Gasteiger partial charge is 0.141 e. The Morgan fingerprint density at radius 1 is 0.490 bits per heavy atom. The molecule has 0 saturated carbocycles. The molecule has 0 aliphatic heterocycles. The van der Waals surface area contributed by atoms with Crippen molar-refractivity contribution in [2.75, 3.05) is 0 Å². The number of fused-ring (bicyclic) bond motifs is 14. The van der Waals surface area contributed by atoms with Gasteiger partial charge in [-0.05, 0) is 120 Å². The lowest BCUT2D eigenvalue weighted by molar-refractivity contribution is 0.704. The second-order valence-electron chi connectivity index (χ2n) is 14.2. The molecule has 1 spiro atoms. The summed E-state index contributed by atoms with van der Waals surface area (Å²) in [5.41, 5.74) is 16.3. The van der Waals surface area contributed by atoms with Crippen molar-refractivity contribution in [2.45, 2.75) is 25.3 Å². The first-order valence-corrected chi connectivity index (χ1v) is 18.1. The normalized spacial score (nSPS) is 13.5. The van der Waals surface area contributed by atoms with Crippen LogP contribution in [0.5, 0.6) is 0 Å². The Bertz CT molecular complexity index is 2840. The zero-order valence-electron chi connectivity index (χ0n) is 28.4. The zero-order valence-corrected chi connectivity index (χ0v) is 28.4. The topological polar surface area (TPSA) is 17.8 Å². The first-order chi connectivity index (χ1) is 25.2. The number of hydrogen-bond acceptors (Lipinski definition) is 1. The van der Waals surface area contributed by atoms with Crippen LogP contribution in [0.4, 0.5) is 0 Å². The first-order valence-electron chi connectivity index (χ1n) is 18.1. The summed E-state index contributed by atoms with van der Waals surface area (Å²) < 4.78 is 2.37. The molecule has 1 aromatic heterocycles. The van der Waals surface area contributed by atoms with Crippen LogP contribution in [0.15, 0.2) is 164 Å². The molecule has 0 atom stereocenters. The Morgan fingerprint density at radius 2 is 1.18 bits per heavy atom. The Hall–Kier alpha value is -6.25. The van der Waals surface area contributed by atoms with E-state index in [-0.39, 0.29) is 0 Å². The Balaban J connectivity index is 1.14. The minimum atomic E-state index is -0.402. The van der Waals surface area contributed by atoms with Gasteiger partial charge in [-0.3, -0.25) is 0 Å². The number of benzene rings is 8. The summed E-state index contributed by atoms with van der Waals surface area (Å²) in [6, 6.07) is 61.1. The van der Waals surface area contributed by atoms with E-state index in [4.69, 9.17) is 4.98 Å². The van der Waals surface area contributed by atoms with Crippen LogP contribution in [0.3, 0.4) is 0 Å². The highest BCUT2D eigenvalue weighted by molar-refractivity contribution is 6.07. The van der Waals surface area contributed by atoms with Gasteiger partial charge < -0.3 is 4.57 Å². The van der Waals surface area contributed by atoms with Crippen molar-refractivity contribution in [3.63, 3.8) is 0 Å². The van der Waals surface area contributed by atoms with E-state index in [9.17, 15) is 0 Å². The van der Waals surface area contributed by atoms with Crippen molar-refractivity contribution in [2.24, 2.45) is 0 Å². The molecule has 2 nitrogen and oxygen atoms in total. The second kappa shape index (κ2) is 10.6. The molecule has 51 heavy (non-hydrogen) atoms. The van der Waals surface area contributed by atoms with E-state index >= 15 is 0 Å². The van der Waals surface area contributed by atoms with Crippen LogP contribution in [0, 0.1) is 0 Å². The molecule has 2 aliphatic carbocycles. The highest BCUT2D eigenvalue weighted by Gasteiger charge is 2.52. The van der Waals surface area contributed by atoms with Crippen molar-refractivity contribution in [3.05, 3.63) is 186 Å². The summed E-state index contributed by atoms with van der Waals surface area (Å²) in [4.78, 5) is 5.11. The molecule has 1 heterocycles. The van der Waals surface area contributed by atoms with Gasteiger partial charge in [0, 0.05) is 12.1 Å². The number of aromatic nitrogens is 2. The van der Waals surface area contributed by atoms with Crippen molar-refractivity contribution in [3.8, 4) is 44.8 Å². The Morgan fingerprint density at radius 3 is 1.98 bits per heavy atom. The lowest BCUT2D eigenvalue weighted by atomic mass is 9.69. The highest BCUT2D eigenvalue weighted by Crippen LogP contribution is 2.64. The van der Waals surface area contributed by atoms with E-state index in [1.165, 1.54) is 82.7 Å². The maximum absolute atomic E-state index is 5.11. The van der Waals surface area contributed by atoms with E-state index in [2.05, 4.69) is 175 Å². The number of para-hydroxylation sites is 2. The minimum absolute atomic E-state index is 0.402. The fourth-order valence-electron chi connectivity index (χ4n) is 9.42. The summed E-state index contributed by atoms with van der Waals surface area (Å²) >= 11 is 0. The number of aryl methyl sites for hydroxylation is 1. The fourth-order valence-corrected chi connectivity index (χ4v) is 9.42. The van der Waals surface area contributed by atoms with Gasteiger partial charge in [-0.25, -0.2) is 4.98 Å². The van der Waals surface area contributed by atoms with Gasteiger partial charge in [-0.1, -0.05) is 134 Å². The Kier molecular flexibility index (Phi) is 5.95. The molecule has 2 aliphatic rings. The van der Waals surface area contributed by atoms with Crippen molar-refractivity contribution < 1.29 is 0 Å². The van der Waals surface area contributed by atoms with Gasteiger partial charge in [0.1, 0.15) is 5.82 Å². The molecule has 9 aromatic rings. The highest BCUT2D eigenvalue weighted by atomic mass is 15.1. The van der Waals surface area contributed by atoms with E-state index < -0.39 is 5.41 Å². The lowest BCUT2D eigenvalue weighted by Crippen LogP contribution is -2.26. The molecule has 0 unspecified atom stereocenters. The fraction of sp³-hybridized carbons (Fsp3) is 0.0816. The molecule has 240 valence electrons. The molecule has 11 rings (SSSR count). The predicted octanol–water partition coefficient (Wildman–Crippen LogP) is 12.4. The van der Waals surface area contributed by atoms with Gasteiger partial charge in [-0.15, -0.1) is 0 Å². The first kappa shape index (κ1) is 28.6. The summed E-state index contributed by atoms with van der Waals surface area (Å²) in [5.74, 6) is 1.03. The van der Waals surface area contributed by atoms with Gasteiger partial charge in [0.25, 0.3) is 0 Å². The van der Waals surface area contributed by atoms with Gasteiger partial charge in [0.15, 0.2) is 0 Å². The maximum atomic E-state index is 5.11. The standard InChI is InChI=1S/C49H34N2/c1-2-26-51-46-21-10-9-20-45(46)50-48(51)36-15-11-14-31(28-36)34-22-24-37-35(27-34)23-25-40-41-29-32-12-3-4-13-33(32)30-44(41)49(47(37)40)42-18-7-5-16-38(42)39-17-6-8-19-43(39)49/h3-25,27-30H,2,26H2,1H3. The SMILES string of the molecule is CCCn1c(-c2cccc(-c3ccc4c5c(ccc4c3)-c3cc4ccccc4cc3C53c4ccccc4-c4ccccc43)c2)nc2ccccc21. The molecule has 0 radical (unpaired) electrons. The van der Waals surface area contributed by atoms with Crippen LogP contribution < -0.4 is 0 Å². The van der Waals surface area contributed by atoms with Crippen molar-refractivity contribution in [1.29, 1.82) is 0 Å².